The summed E-state index contributed by atoms with van der Waals surface area (Å²) in [5.41, 5.74) is 0.926. The second kappa shape index (κ2) is 4.96. The molecule has 0 aromatic heterocycles. The van der Waals surface area contributed by atoms with Crippen molar-refractivity contribution < 1.29 is 8.42 Å². The molecule has 96 valence electrons. The van der Waals surface area contributed by atoms with Crippen LogP contribution in [-0.2, 0) is 10.2 Å². The van der Waals surface area contributed by atoms with Gasteiger partial charge in [-0.1, -0.05) is 22.0 Å². The van der Waals surface area contributed by atoms with Crippen LogP contribution in [0.2, 0.25) is 0 Å². The lowest BCUT2D eigenvalue weighted by Crippen LogP contribution is -2.43. The number of anilines is 1. The Morgan fingerprint density at radius 2 is 1.82 bits per heavy atom. The van der Waals surface area contributed by atoms with Crippen molar-refractivity contribution in [3.63, 3.8) is 0 Å². The lowest BCUT2D eigenvalue weighted by Gasteiger charge is -2.21. The number of hydrogen-bond donors (Lipinski definition) is 2. The molecule has 0 aliphatic rings. The van der Waals surface area contributed by atoms with E-state index < -0.39 is 15.7 Å². The van der Waals surface area contributed by atoms with Gasteiger partial charge >= 0.3 is 0 Å². The third-order valence-electron chi connectivity index (χ3n) is 1.88. The van der Waals surface area contributed by atoms with Crippen LogP contribution in [0.15, 0.2) is 22.7 Å². The second-order valence-corrected chi connectivity index (χ2v) is 7.25. The fraction of sp³-hybridized carbons (Fsp3) is 0.455. The van der Waals surface area contributed by atoms with E-state index in [-0.39, 0.29) is 0 Å². The Labute approximate surface area is 111 Å². The number of hydrogen-bond acceptors (Lipinski definition) is 2. The van der Waals surface area contributed by atoms with Crippen LogP contribution in [0, 0.1) is 6.92 Å². The van der Waals surface area contributed by atoms with Gasteiger partial charge in [0.2, 0.25) is 0 Å². The Kier molecular flexibility index (Phi) is 4.22. The zero-order valence-electron chi connectivity index (χ0n) is 10.3. The molecule has 0 radical (unpaired) electrons. The molecule has 0 spiro atoms. The van der Waals surface area contributed by atoms with Crippen LogP contribution in [0.25, 0.3) is 0 Å². The highest BCUT2D eigenvalue weighted by Crippen LogP contribution is 2.21. The van der Waals surface area contributed by atoms with E-state index in [1.54, 1.807) is 26.8 Å². The van der Waals surface area contributed by atoms with Gasteiger partial charge in [0, 0.05) is 10.0 Å². The highest BCUT2D eigenvalue weighted by molar-refractivity contribution is 9.10. The molecule has 2 N–H and O–H groups in total. The Morgan fingerprint density at radius 3 is 2.35 bits per heavy atom. The lowest BCUT2D eigenvalue weighted by molar-refractivity contribution is 0.494. The Balaban J connectivity index is 2.94. The Morgan fingerprint density at radius 1 is 1.24 bits per heavy atom. The first-order valence-electron chi connectivity index (χ1n) is 5.17. The maximum absolute atomic E-state index is 11.8. The molecule has 1 rings (SSSR count). The summed E-state index contributed by atoms with van der Waals surface area (Å²) >= 11 is 3.31. The van der Waals surface area contributed by atoms with E-state index in [0.29, 0.717) is 5.69 Å². The van der Waals surface area contributed by atoms with Crippen molar-refractivity contribution in [1.29, 1.82) is 0 Å². The predicted molar refractivity (Wildman–Crippen MR) is 74.3 cm³/mol. The van der Waals surface area contributed by atoms with Gasteiger partial charge in [0.05, 0.1) is 5.69 Å². The summed E-state index contributed by atoms with van der Waals surface area (Å²) in [7, 11) is -3.55. The summed E-state index contributed by atoms with van der Waals surface area (Å²) in [4.78, 5) is 0. The van der Waals surface area contributed by atoms with Gasteiger partial charge in [-0.05, 0) is 45.4 Å². The molecular weight excluding hydrogens is 304 g/mol. The van der Waals surface area contributed by atoms with Crippen LogP contribution in [0.1, 0.15) is 26.3 Å². The highest BCUT2D eigenvalue weighted by Gasteiger charge is 2.20. The number of nitrogens with one attached hydrogen (secondary N) is 2. The van der Waals surface area contributed by atoms with Crippen molar-refractivity contribution in [2.24, 2.45) is 0 Å². The Hall–Kier alpha value is -0.590. The van der Waals surface area contributed by atoms with Gasteiger partial charge < -0.3 is 0 Å². The maximum atomic E-state index is 11.8. The minimum Gasteiger partial charge on any atom is -0.271 e. The highest BCUT2D eigenvalue weighted by atomic mass is 79.9. The quantitative estimate of drug-likeness (QED) is 0.899. The van der Waals surface area contributed by atoms with E-state index in [9.17, 15) is 8.42 Å². The summed E-state index contributed by atoms with van der Waals surface area (Å²) < 4.78 is 29.6. The zero-order chi connectivity index (χ0) is 13.3. The van der Waals surface area contributed by atoms with Crippen LogP contribution < -0.4 is 9.44 Å². The summed E-state index contributed by atoms with van der Waals surface area (Å²) in [5.74, 6) is 0. The van der Waals surface area contributed by atoms with Gasteiger partial charge in [0.15, 0.2) is 0 Å². The summed E-state index contributed by atoms with van der Waals surface area (Å²) in [6.07, 6.45) is 0. The number of rotatable bonds is 3. The molecule has 1 aromatic rings. The van der Waals surface area contributed by atoms with Crippen LogP contribution in [-0.4, -0.2) is 14.0 Å². The first kappa shape index (κ1) is 14.5. The van der Waals surface area contributed by atoms with Crippen LogP contribution >= 0.6 is 15.9 Å². The van der Waals surface area contributed by atoms with E-state index in [1.165, 1.54) is 0 Å². The van der Waals surface area contributed by atoms with Crippen molar-refractivity contribution in [3.8, 4) is 0 Å². The van der Waals surface area contributed by atoms with Crippen molar-refractivity contribution in [3.05, 3.63) is 28.2 Å². The van der Waals surface area contributed by atoms with Crippen molar-refractivity contribution in [2.75, 3.05) is 4.72 Å². The van der Waals surface area contributed by atoms with E-state index in [0.717, 1.165) is 10.0 Å². The second-order valence-electron chi connectivity index (χ2n) is 4.92. The molecule has 0 saturated carbocycles. The molecule has 0 unspecified atom stereocenters. The van der Waals surface area contributed by atoms with Gasteiger partial charge in [-0.3, -0.25) is 4.72 Å². The van der Waals surface area contributed by atoms with Crippen molar-refractivity contribution in [2.45, 2.75) is 33.2 Å². The molecule has 17 heavy (non-hydrogen) atoms. The molecule has 0 atom stereocenters. The van der Waals surface area contributed by atoms with E-state index in [1.807, 2.05) is 19.1 Å². The van der Waals surface area contributed by atoms with Crippen LogP contribution in [0.4, 0.5) is 5.69 Å². The normalized spacial score (nSPS) is 12.5. The Bertz CT molecular complexity index is 507. The molecule has 0 heterocycles. The molecule has 0 amide bonds. The summed E-state index contributed by atoms with van der Waals surface area (Å²) in [5, 5.41) is 0. The third kappa shape index (κ3) is 5.06. The molecule has 0 saturated heterocycles. The van der Waals surface area contributed by atoms with Gasteiger partial charge in [0.1, 0.15) is 0 Å². The minimum atomic E-state index is -3.55. The van der Waals surface area contributed by atoms with Crippen LogP contribution in [0.3, 0.4) is 0 Å². The first-order valence-corrected chi connectivity index (χ1v) is 7.44. The predicted octanol–water partition coefficient (Wildman–Crippen LogP) is 2.80. The van der Waals surface area contributed by atoms with E-state index in [2.05, 4.69) is 25.4 Å². The lowest BCUT2D eigenvalue weighted by atomic mass is 10.1. The van der Waals surface area contributed by atoms with Crippen molar-refractivity contribution >= 4 is 31.8 Å². The molecule has 0 fully saturated rings. The SMILES string of the molecule is Cc1ccc(Br)cc1NS(=O)(=O)NC(C)(C)C. The van der Waals surface area contributed by atoms with Gasteiger partial charge in [0.25, 0.3) is 10.2 Å². The van der Waals surface area contributed by atoms with Gasteiger partial charge in [-0.25, -0.2) is 0 Å². The average molecular weight is 321 g/mol. The fourth-order valence-electron chi connectivity index (χ4n) is 1.28. The topological polar surface area (TPSA) is 58.2 Å². The number of benzene rings is 1. The zero-order valence-corrected chi connectivity index (χ0v) is 12.7. The largest absolute Gasteiger partial charge is 0.299 e. The molecule has 0 aliphatic heterocycles. The molecular formula is C11H17BrN2O2S. The molecule has 0 aliphatic carbocycles. The van der Waals surface area contributed by atoms with Crippen LogP contribution in [0.5, 0.6) is 0 Å². The smallest absolute Gasteiger partial charge is 0.271 e. The van der Waals surface area contributed by atoms with Gasteiger partial charge in [-0.2, -0.15) is 13.1 Å². The van der Waals surface area contributed by atoms with Gasteiger partial charge in [-0.15, -0.1) is 0 Å². The standard InChI is InChI=1S/C11H17BrN2O2S/c1-8-5-6-9(12)7-10(8)13-17(15,16)14-11(2,3)4/h5-7,13-14H,1-4H3. The first-order chi connectivity index (χ1) is 7.59. The number of halogens is 1. The molecule has 1 aromatic carbocycles. The number of aryl methyl sites for hydroxylation is 1. The summed E-state index contributed by atoms with van der Waals surface area (Å²) in [6, 6.07) is 5.45. The van der Waals surface area contributed by atoms with Crippen molar-refractivity contribution in [1.82, 2.24) is 4.72 Å². The van der Waals surface area contributed by atoms with E-state index in [4.69, 9.17) is 0 Å². The minimum absolute atomic E-state index is 0.508. The molecule has 4 nitrogen and oxygen atoms in total. The maximum Gasteiger partial charge on any atom is 0.299 e. The third-order valence-corrected chi connectivity index (χ3v) is 3.75. The van der Waals surface area contributed by atoms with E-state index >= 15 is 0 Å². The molecule has 0 bridgehead atoms. The fourth-order valence-corrected chi connectivity index (χ4v) is 3.01. The molecule has 6 heteroatoms. The monoisotopic (exact) mass is 320 g/mol. The average Bonchev–Trinajstić information content (AvgIpc) is 2.06. The summed E-state index contributed by atoms with van der Waals surface area (Å²) in [6.45, 7) is 7.22.